The topological polar surface area (TPSA) is 74.4 Å². The maximum absolute atomic E-state index is 12.2. The van der Waals surface area contributed by atoms with Crippen molar-refractivity contribution in [1.82, 2.24) is 19.9 Å². The molecule has 0 saturated carbocycles. The molecular formula is C20H16MgN4O. The Morgan fingerprint density at radius 2 is 1.27 bits per heavy atom. The van der Waals surface area contributed by atoms with E-state index >= 15 is 0 Å². The lowest BCUT2D eigenvalue weighted by molar-refractivity contribution is 0.0998. The predicted molar refractivity (Wildman–Crippen MR) is 107 cm³/mol. The summed E-state index contributed by atoms with van der Waals surface area (Å²) in [5.41, 5.74) is 6.71. The van der Waals surface area contributed by atoms with Crippen LogP contribution in [-0.4, -0.2) is 48.8 Å². The number of hydrogen-bond acceptors (Lipinski definition) is 3. The Balaban J connectivity index is 0.00000168. The molecule has 0 radical (unpaired) electrons. The van der Waals surface area contributed by atoms with Crippen LogP contribution in [0.2, 0.25) is 0 Å². The average molecular weight is 353 g/mol. The van der Waals surface area contributed by atoms with E-state index in [1.54, 1.807) is 6.07 Å². The summed E-state index contributed by atoms with van der Waals surface area (Å²) in [5, 5.41) is 0. The van der Waals surface area contributed by atoms with Crippen molar-refractivity contribution in [2.24, 2.45) is 0 Å². The number of hydrogen-bond donors (Lipinski definition) is 2. The van der Waals surface area contributed by atoms with Gasteiger partial charge in [0, 0.05) is 22.1 Å². The number of aromatic nitrogens is 4. The molecule has 0 atom stereocenters. The van der Waals surface area contributed by atoms with E-state index in [2.05, 4.69) is 19.9 Å². The normalized spacial score (nSPS) is 12.8. The highest BCUT2D eigenvalue weighted by Gasteiger charge is 2.15. The summed E-state index contributed by atoms with van der Waals surface area (Å²) >= 11 is 0. The van der Waals surface area contributed by atoms with Gasteiger partial charge in [-0.1, -0.05) is 0 Å². The zero-order valence-corrected chi connectivity index (χ0v) is 13.3. The maximum atomic E-state index is 12.2. The van der Waals surface area contributed by atoms with E-state index < -0.39 is 0 Å². The number of nitrogens with zero attached hydrogens (tertiary/aromatic N) is 2. The molecule has 124 valence electrons. The van der Waals surface area contributed by atoms with Gasteiger partial charge in [-0.2, -0.15) is 0 Å². The molecule has 26 heavy (non-hydrogen) atoms. The van der Waals surface area contributed by atoms with Gasteiger partial charge < -0.3 is 9.97 Å². The second-order valence-electron chi connectivity index (χ2n) is 6.20. The Bertz CT molecular complexity index is 1200. The minimum atomic E-state index is 0. The second kappa shape index (κ2) is 6.55. The van der Waals surface area contributed by atoms with Crippen molar-refractivity contribution in [3.8, 4) is 0 Å². The first kappa shape index (κ1) is 16.7. The summed E-state index contributed by atoms with van der Waals surface area (Å²) in [4.78, 5) is 27.9. The van der Waals surface area contributed by atoms with Crippen molar-refractivity contribution in [3.05, 3.63) is 71.3 Å². The van der Waals surface area contributed by atoms with Crippen LogP contribution in [0.5, 0.6) is 0 Å². The average Bonchev–Trinajstić information content (AvgIpc) is 3.33. The van der Waals surface area contributed by atoms with E-state index in [1.165, 1.54) is 0 Å². The molecule has 8 bridgehead atoms. The van der Waals surface area contributed by atoms with Crippen LogP contribution in [0.3, 0.4) is 0 Å². The molecule has 3 aromatic heterocycles. The van der Waals surface area contributed by atoms with Crippen molar-refractivity contribution in [2.75, 3.05) is 0 Å². The smallest absolute Gasteiger partial charge is 0.316 e. The molecule has 0 aliphatic carbocycles. The first-order valence-electron chi connectivity index (χ1n) is 8.10. The lowest BCUT2D eigenvalue weighted by Gasteiger charge is -1.85. The highest BCUT2D eigenvalue weighted by Crippen LogP contribution is 2.16. The summed E-state index contributed by atoms with van der Waals surface area (Å²) in [6.45, 7) is 0. The van der Waals surface area contributed by atoms with E-state index in [1.807, 2.05) is 54.6 Å². The summed E-state index contributed by atoms with van der Waals surface area (Å²) in [5.74, 6) is 0.0379. The number of Topliss-reactive ketones (excluding diaryl/α,β-unsaturated/α-hetero) is 1. The van der Waals surface area contributed by atoms with E-state index in [0.717, 1.165) is 39.1 Å². The Morgan fingerprint density at radius 1 is 0.731 bits per heavy atom. The van der Waals surface area contributed by atoms with Gasteiger partial charge >= 0.3 is 23.1 Å². The van der Waals surface area contributed by atoms with Crippen molar-refractivity contribution < 1.29 is 4.79 Å². The fraction of sp³-hybridized carbons (Fsp3) is 0.0500. The monoisotopic (exact) mass is 352 g/mol. The molecule has 2 aliphatic heterocycles. The number of nitrogens with one attached hydrogen (secondary N) is 2. The van der Waals surface area contributed by atoms with Gasteiger partial charge in [-0.15, -0.1) is 0 Å². The Morgan fingerprint density at radius 3 is 1.88 bits per heavy atom. The standard InChI is InChI=1S/C20H14N4O.Mg.2H/c25-20-11-18-9-16-4-3-14(22-16)7-12-1-2-13(21-12)8-15-5-6-17(23-15)10-19(20)24-18;;;/h1-10,22-23H,11H2;;;. The molecule has 0 saturated heterocycles. The molecule has 5 rings (SSSR count). The third-order valence-electron chi connectivity index (χ3n) is 4.26. The van der Waals surface area contributed by atoms with Crippen LogP contribution in [0.25, 0.3) is 34.2 Å². The zero-order chi connectivity index (χ0) is 16.8. The van der Waals surface area contributed by atoms with Crippen LogP contribution in [0, 0.1) is 0 Å². The SMILES string of the molecule is O=C1Cc2cc3ccc(cc4nc(cc5ccc(cc1n2)[nH]5)C=C4)[nH]3.[MgH2]. The highest BCUT2D eigenvalue weighted by molar-refractivity contribution is 5.98. The quantitative estimate of drug-likeness (QED) is 0.478. The summed E-state index contributed by atoms with van der Waals surface area (Å²) < 4.78 is 0. The molecule has 5 nitrogen and oxygen atoms in total. The van der Waals surface area contributed by atoms with Crippen molar-refractivity contribution >= 4 is 63.1 Å². The number of fused-ring (bicyclic) bond motifs is 8. The van der Waals surface area contributed by atoms with Crippen LogP contribution in [0.1, 0.15) is 27.6 Å². The van der Waals surface area contributed by atoms with Gasteiger partial charge in [-0.05, 0) is 60.7 Å². The third-order valence-corrected chi connectivity index (χ3v) is 4.26. The largest absolute Gasteiger partial charge is 0.355 e. The van der Waals surface area contributed by atoms with E-state index in [9.17, 15) is 4.79 Å². The fourth-order valence-corrected chi connectivity index (χ4v) is 3.10. The molecule has 0 fully saturated rings. The van der Waals surface area contributed by atoms with Gasteiger partial charge in [-0.25, -0.2) is 9.97 Å². The molecule has 0 aromatic carbocycles. The van der Waals surface area contributed by atoms with Crippen molar-refractivity contribution in [1.29, 1.82) is 0 Å². The first-order chi connectivity index (χ1) is 12.2. The number of ketones is 1. The lowest BCUT2D eigenvalue weighted by atomic mass is 10.2. The summed E-state index contributed by atoms with van der Waals surface area (Å²) in [7, 11) is 0. The molecule has 2 N–H and O–H groups in total. The summed E-state index contributed by atoms with van der Waals surface area (Å²) in [6, 6.07) is 15.6. The van der Waals surface area contributed by atoms with Crippen LogP contribution in [0.4, 0.5) is 0 Å². The van der Waals surface area contributed by atoms with E-state index in [0.29, 0.717) is 12.1 Å². The van der Waals surface area contributed by atoms with Crippen molar-refractivity contribution in [3.63, 3.8) is 0 Å². The fourth-order valence-electron chi connectivity index (χ4n) is 3.10. The maximum Gasteiger partial charge on any atom is 0.316 e. The Hall–Kier alpha value is -2.70. The number of carbonyl (C=O) groups excluding carboxylic acids is 1. The van der Waals surface area contributed by atoms with Crippen LogP contribution in [-0.2, 0) is 6.42 Å². The lowest BCUT2D eigenvalue weighted by Crippen LogP contribution is -1.93. The number of H-pyrrole nitrogens is 2. The minimum Gasteiger partial charge on any atom is -0.355 e. The first-order valence-corrected chi connectivity index (χ1v) is 8.10. The minimum absolute atomic E-state index is 0. The molecule has 6 heteroatoms. The van der Waals surface area contributed by atoms with Gasteiger partial charge in [0.15, 0.2) is 5.78 Å². The molecular weight excluding hydrogens is 337 g/mol. The Kier molecular flexibility index (Phi) is 4.22. The summed E-state index contributed by atoms with van der Waals surface area (Å²) in [6.07, 6.45) is 4.30. The molecule has 3 aromatic rings. The molecule has 0 unspecified atom stereocenters. The van der Waals surface area contributed by atoms with Gasteiger partial charge in [0.25, 0.3) is 0 Å². The highest BCUT2D eigenvalue weighted by atomic mass is 24.3. The van der Waals surface area contributed by atoms with Gasteiger partial charge in [0.2, 0.25) is 0 Å². The zero-order valence-electron chi connectivity index (χ0n) is 13.3. The van der Waals surface area contributed by atoms with Gasteiger partial charge in [-0.3, -0.25) is 4.79 Å². The predicted octanol–water partition coefficient (Wildman–Crippen LogP) is 2.99. The number of aromatic amines is 2. The Labute approximate surface area is 165 Å². The van der Waals surface area contributed by atoms with Gasteiger partial charge in [0.1, 0.15) is 5.69 Å². The number of rotatable bonds is 0. The van der Waals surface area contributed by atoms with Crippen LogP contribution < -0.4 is 0 Å². The molecule has 5 heterocycles. The third kappa shape index (κ3) is 3.21. The van der Waals surface area contributed by atoms with E-state index in [4.69, 9.17) is 0 Å². The van der Waals surface area contributed by atoms with E-state index in [-0.39, 0.29) is 28.8 Å². The molecule has 2 aliphatic rings. The van der Waals surface area contributed by atoms with Crippen LogP contribution in [0.15, 0.2) is 48.5 Å². The second-order valence-corrected chi connectivity index (χ2v) is 6.20. The van der Waals surface area contributed by atoms with Crippen molar-refractivity contribution in [2.45, 2.75) is 6.42 Å². The van der Waals surface area contributed by atoms with Crippen LogP contribution >= 0.6 is 0 Å². The molecule has 0 spiro atoms. The number of carbonyl (C=O) groups is 1. The van der Waals surface area contributed by atoms with Gasteiger partial charge in [0.05, 0.1) is 23.5 Å². The molecule has 0 amide bonds.